The van der Waals surface area contributed by atoms with Gasteiger partial charge in [0, 0.05) is 22.6 Å². The van der Waals surface area contributed by atoms with Crippen LogP contribution in [0.3, 0.4) is 0 Å². The van der Waals surface area contributed by atoms with E-state index in [0.29, 0.717) is 35.6 Å². The van der Waals surface area contributed by atoms with E-state index in [4.69, 9.17) is 26.8 Å². The van der Waals surface area contributed by atoms with Crippen molar-refractivity contribution in [3.63, 3.8) is 0 Å². The summed E-state index contributed by atoms with van der Waals surface area (Å²) in [6.07, 6.45) is 0.559. The highest BCUT2D eigenvalue weighted by Crippen LogP contribution is 2.35. The molecule has 0 amide bonds. The fourth-order valence-electron chi connectivity index (χ4n) is 2.53. The van der Waals surface area contributed by atoms with Crippen LogP contribution in [-0.4, -0.2) is 34.5 Å². The number of carbonyl (C=O) groups is 1. The smallest absolute Gasteiger partial charge is 0.333 e. The van der Waals surface area contributed by atoms with Gasteiger partial charge in [0.25, 0.3) is 0 Å². The largest absolute Gasteiger partial charge is 0.505 e. The first-order valence-electron chi connectivity index (χ1n) is 9.06. The quantitative estimate of drug-likeness (QED) is 0.153. The summed E-state index contributed by atoms with van der Waals surface area (Å²) in [6.45, 7) is 9.35. The van der Waals surface area contributed by atoms with Gasteiger partial charge in [-0.1, -0.05) is 18.2 Å². The van der Waals surface area contributed by atoms with Gasteiger partial charge in [-0.3, -0.25) is 10.2 Å². The number of aromatic amines is 2. The van der Waals surface area contributed by atoms with Crippen LogP contribution < -0.4 is 10.5 Å². The van der Waals surface area contributed by atoms with Gasteiger partial charge in [0.2, 0.25) is 0 Å². The number of phenolic OH excluding ortho intramolecular Hbond substituents is 1. The predicted octanol–water partition coefficient (Wildman–Crippen LogP) is 4.63. The van der Waals surface area contributed by atoms with Gasteiger partial charge in [-0.25, -0.2) is 4.79 Å². The number of anilines is 1. The molecule has 0 aliphatic carbocycles. The number of benzene rings is 2. The number of ether oxygens (including phenoxy) is 2. The molecule has 0 unspecified atom stereocenters. The number of nitrogen functional groups attached to an aromatic ring is 1. The van der Waals surface area contributed by atoms with Crippen LogP contribution in [0.15, 0.2) is 36.4 Å². The van der Waals surface area contributed by atoms with E-state index in [0.717, 1.165) is 21.6 Å². The third-order valence-corrected chi connectivity index (χ3v) is 4.36. The summed E-state index contributed by atoms with van der Waals surface area (Å²) in [6, 6.07) is 7.34. The zero-order valence-corrected chi connectivity index (χ0v) is 17.5. The van der Waals surface area contributed by atoms with E-state index in [9.17, 15) is 9.90 Å². The molecular formula is C21H26ClN3O4. The summed E-state index contributed by atoms with van der Waals surface area (Å²) in [5, 5.41) is 16.3. The van der Waals surface area contributed by atoms with Crippen molar-refractivity contribution >= 4 is 34.3 Å². The number of aromatic hydroxyl groups is 1. The van der Waals surface area contributed by atoms with Crippen molar-refractivity contribution in [2.45, 2.75) is 27.2 Å². The number of nitrogens with one attached hydrogen (secondary N) is 2. The zero-order valence-electron chi connectivity index (χ0n) is 16.8. The van der Waals surface area contributed by atoms with E-state index in [1.54, 1.807) is 19.9 Å². The van der Waals surface area contributed by atoms with Crippen molar-refractivity contribution in [1.29, 1.82) is 0 Å². The Labute approximate surface area is 174 Å². The molecule has 0 aliphatic heterocycles. The van der Waals surface area contributed by atoms with Crippen LogP contribution in [0.1, 0.15) is 24.5 Å². The van der Waals surface area contributed by atoms with Gasteiger partial charge in [0.05, 0.1) is 29.9 Å². The minimum atomic E-state index is -0.400. The number of phenols is 1. The standard InChI is InChI=1S/C15H21NO4.C6H5ClN2/c1-9(2)15(18)20-7-5-6-19-14-10(3)8-12(16)13(17)11(14)4;7-4-1-2-5-6(3-4)9-8-5/h8,17H,1,5-7,16H2,2-4H3;1-3,8-9H. The van der Waals surface area contributed by atoms with E-state index < -0.39 is 5.97 Å². The van der Waals surface area contributed by atoms with E-state index in [-0.39, 0.29) is 12.4 Å². The molecule has 1 heterocycles. The lowest BCUT2D eigenvalue weighted by Crippen LogP contribution is -2.10. The van der Waals surface area contributed by atoms with E-state index in [2.05, 4.69) is 16.8 Å². The molecule has 3 aromatic rings. The maximum atomic E-state index is 11.2. The number of aryl methyl sites for hydroxylation is 1. The Hall–Kier alpha value is -3.06. The van der Waals surface area contributed by atoms with Gasteiger partial charge in [-0.05, 0) is 50.6 Å². The lowest BCUT2D eigenvalue weighted by Gasteiger charge is -2.14. The average molecular weight is 420 g/mol. The van der Waals surface area contributed by atoms with Crippen LogP contribution in [0.25, 0.3) is 11.0 Å². The summed E-state index contributed by atoms with van der Waals surface area (Å²) in [4.78, 5) is 11.2. The Morgan fingerprint density at radius 1 is 1.21 bits per heavy atom. The van der Waals surface area contributed by atoms with Crippen molar-refractivity contribution in [1.82, 2.24) is 10.2 Å². The molecule has 0 aliphatic rings. The lowest BCUT2D eigenvalue weighted by molar-refractivity contribution is -0.139. The first-order valence-corrected chi connectivity index (χ1v) is 9.44. The molecule has 8 heteroatoms. The molecule has 2 aromatic carbocycles. The number of nitrogens with two attached hydrogens (primary N) is 1. The van der Waals surface area contributed by atoms with Crippen LogP contribution in [-0.2, 0) is 9.53 Å². The van der Waals surface area contributed by atoms with Crippen LogP contribution in [0.2, 0.25) is 5.02 Å². The molecule has 0 bridgehead atoms. The topological polar surface area (TPSA) is 113 Å². The van der Waals surface area contributed by atoms with Crippen LogP contribution in [0.5, 0.6) is 11.5 Å². The number of hydrogen-bond donors (Lipinski definition) is 4. The second kappa shape index (κ2) is 9.93. The molecule has 0 spiro atoms. The number of hydrogen-bond acceptors (Lipinski definition) is 5. The Balaban J connectivity index is 0.000000272. The molecule has 1 aromatic heterocycles. The normalized spacial score (nSPS) is 10.3. The lowest BCUT2D eigenvalue weighted by atomic mass is 10.1. The molecule has 156 valence electrons. The first-order chi connectivity index (χ1) is 13.7. The van der Waals surface area contributed by atoms with Crippen LogP contribution in [0, 0.1) is 13.8 Å². The van der Waals surface area contributed by atoms with Crippen molar-refractivity contribution in [2.24, 2.45) is 0 Å². The summed E-state index contributed by atoms with van der Waals surface area (Å²) in [7, 11) is 0. The minimum absolute atomic E-state index is 0.0410. The first kappa shape index (κ1) is 22.2. The monoisotopic (exact) mass is 419 g/mol. The Morgan fingerprint density at radius 2 is 1.90 bits per heavy atom. The minimum Gasteiger partial charge on any atom is -0.505 e. The van der Waals surface area contributed by atoms with Gasteiger partial charge in [-0.15, -0.1) is 0 Å². The molecule has 0 atom stereocenters. The maximum Gasteiger partial charge on any atom is 0.333 e. The third-order valence-electron chi connectivity index (χ3n) is 4.13. The molecule has 0 saturated heterocycles. The Morgan fingerprint density at radius 3 is 2.45 bits per heavy atom. The fraction of sp³-hybridized carbons (Fsp3) is 0.286. The van der Waals surface area contributed by atoms with Crippen molar-refractivity contribution < 1.29 is 19.4 Å². The van der Waals surface area contributed by atoms with Gasteiger partial charge in [-0.2, -0.15) is 0 Å². The van der Waals surface area contributed by atoms with Gasteiger partial charge < -0.3 is 20.3 Å². The fourth-order valence-corrected chi connectivity index (χ4v) is 2.70. The molecule has 0 radical (unpaired) electrons. The highest BCUT2D eigenvalue weighted by atomic mass is 35.5. The second-order valence-electron chi connectivity index (χ2n) is 6.64. The predicted molar refractivity (Wildman–Crippen MR) is 116 cm³/mol. The summed E-state index contributed by atoms with van der Waals surface area (Å²) >= 11 is 5.68. The van der Waals surface area contributed by atoms with Crippen molar-refractivity contribution in [3.05, 3.63) is 52.6 Å². The average Bonchev–Trinajstić information content (AvgIpc) is 2.65. The number of esters is 1. The van der Waals surface area contributed by atoms with Gasteiger partial charge >= 0.3 is 5.97 Å². The molecule has 3 rings (SSSR count). The SMILES string of the molecule is C=C(C)C(=O)OCCCOc1c(C)cc(N)c(O)c1C.Clc1ccc2[nH][nH]c2c1. The molecule has 29 heavy (non-hydrogen) atoms. The Kier molecular flexibility index (Phi) is 7.61. The maximum absolute atomic E-state index is 11.2. The van der Waals surface area contributed by atoms with Crippen molar-refractivity contribution in [3.8, 4) is 11.5 Å². The number of halogens is 1. The molecule has 0 saturated carbocycles. The Bertz CT molecular complexity index is 1010. The van der Waals surface area contributed by atoms with Crippen LogP contribution >= 0.6 is 11.6 Å². The highest BCUT2D eigenvalue weighted by Gasteiger charge is 2.12. The van der Waals surface area contributed by atoms with E-state index >= 15 is 0 Å². The highest BCUT2D eigenvalue weighted by molar-refractivity contribution is 6.31. The van der Waals surface area contributed by atoms with Crippen LogP contribution in [0.4, 0.5) is 5.69 Å². The van der Waals surface area contributed by atoms with Crippen molar-refractivity contribution in [2.75, 3.05) is 18.9 Å². The summed E-state index contributed by atoms with van der Waals surface area (Å²) in [5.74, 6) is 0.254. The van der Waals surface area contributed by atoms with E-state index in [1.807, 2.05) is 25.1 Å². The molecular weight excluding hydrogens is 394 g/mol. The molecule has 7 nitrogen and oxygen atoms in total. The summed E-state index contributed by atoms with van der Waals surface area (Å²) < 4.78 is 10.6. The molecule has 5 N–H and O–H groups in total. The van der Waals surface area contributed by atoms with Gasteiger partial charge in [0.1, 0.15) is 11.5 Å². The van der Waals surface area contributed by atoms with E-state index in [1.165, 1.54) is 0 Å². The third kappa shape index (κ3) is 5.96. The number of H-pyrrole nitrogens is 2. The number of carbonyl (C=O) groups excluding carboxylic acids is 1. The summed E-state index contributed by atoms with van der Waals surface area (Å²) in [5.41, 5.74) is 10.0. The number of fused-ring (bicyclic) bond motifs is 1. The van der Waals surface area contributed by atoms with Gasteiger partial charge in [0.15, 0.2) is 0 Å². The molecule has 0 fully saturated rings. The second-order valence-corrected chi connectivity index (χ2v) is 7.08. The number of aromatic nitrogens is 2. The number of rotatable bonds is 6. The zero-order chi connectivity index (χ0) is 21.6.